The molecule has 0 heterocycles. The van der Waals surface area contributed by atoms with Gasteiger partial charge in [-0.3, -0.25) is 30.0 Å². The van der Waals surface area contributed by atoms with Gasteiger partial charge in [0.25, 0.3) is 11.8 Å². The minimum atomic E-state index is -0.944. The van der Waals surface area contributed by atoms with Crippen LogP contribution in [0.25, 0.3) is 0 Å². The van der Waals surface area contributed by atoms with Gasteiger partial charge in [-0.25, -0.2) is 19.2 Å². The third-order valence-corrected chi connectivity index (χ3v) is 6.77. The third-order valence-electron chi connectivity index (χ3n) is 6.77. The lowest BCUT2D eigenvalue weighted by molar-refractivity contribution is -0.116. The number of benzene rings is 3. The lowest BCUT2D eigenvalue weighted by Gasteiger charge is -2.12. The van der Waals surface area contributed by atoms with Crippen molar-refractivity contribution in [2.75, 3.05) is 49.9 Å². The number of hydrazone groups is 2. The Morgan fingerprint density at radius 1 is 0.481 bits per heavy atom. The summed E-state index contributed by atoms with van der Waals surface area (Å²) in [6.07, 6.45) is 0. The van der Waals surface area contributed by atoms with Crippen LogP contribution >= 0.6 is 0 Å². The molecule has 3 aromatic carbocycles. The van der Waals surface area contributed by atoms with E-state index in [1.807, 2.05) is 0 Å². The molecule has 0 unspecified atom stereocenters. The van der Waals surface area contributed by atoms with Crippen LogP contribution in [0.2, 0.25) is 0 Å². The molecule has 0 aliphatic heterocycles. The summed E-state index contributed by atoms with van der Waals surface area (Å²) in [6, 6.07) is 13.1. The van der Waals surface area contributed by atoms with E-state index in [1.165, 1.54) is 60.7 Å². The zero-order chi connectivity index (χ0) is 38.5. The predicted octanol–water partition coefficient (Wildman–Crippen LogP) is 2.82. The van der Waals surface area contributed by atoms with E-state index in [0.29, 0.717) is 0 Å². The largest absolute Gasteiger partial charge is 0.465 e. The molecule has 0 spiro atoms. The normalized spacial score (nSPS) is 11.0. The van der Waals surface area contributed by atoms with Crippen molar-refractivity contribution < 1.29 is 57.3 Å². The van der Waals surface area contributed by atoms with Gasteiger partial charge in [-0.1, -0.05) is 0 Å². The molecule has 0 atom stereocenters. The fraction of sp³-hybridized carbons (Fsp3) is 0.176. The van der Waals surface area contributed by atoms with Crippen LogP contribution < -0.4 is 21.5 Å². The molecule has 0 aliphatic rings. The number of hydrogen-bond donors (Lipinski definition) is 4. The SMILES string of the molecule is COC(=O)c1ccc(C(=O)OC)c(N/N=C(/C(C)=O)C(=O)Nc2ccc(NC(=O)/C(=N\Nc3cc(C(=O)OC)ccc3C(=O)OC)C(C)=O)cc2)c1. The number of carbonyl (C=O) groups is 8. The van der Waals surface area contributed by atoms with Crippen LogP contribution in [0.4, 0.5) is 22.7 Å². The van der Waals surface area contributed by atoms with E-state index in [9.17, 15) is 38.4 Å². The van der Waals surface area contributed by atoms with Gasteiger partial charge < -0.3 is 29.6 Å². The summed E-state index contributed by atoms with van der Waals surface area (Å²) in [5.41, 5.74) is 3.94. The lowest BCUT2D eigenvalue weighted by atomic mass is 10.1. The molecule has 18 heteroatoms. The summed E-state index contributed by atoms with van der Waals surface area (Å²) in [4.78, 5) is 99.1. The minimum Gasteiger partial charge on any atom is -0.465 e. The van der Waals surface area contributed by atoms with Crippen LogP contribution in [0.3, 0.4) is 0 Å². The number of amides is 2. The Morgan fingerprint density at radius 3 is 1.10 bits per heavy atom. The van der Waals surface area contributed by atoms with Crippen molar-refractivity contribution in [2.45, 2.75) is 13.8 Å². The maximum Gasteiger partial charge on any atom is 0.340 e. The summed E-state index contributed by atoms with van der Waals surface area (Å²) in [5, 5.41) is 12.7. The molecule has 0 saturated heterocycles. The van der Waals surface area contributed by atoms with Crippen molar-refractivity contribution in [3.8, 4) is 0 Å². The van der Waals surface area contributed by atoms with Gasteiger partial charge in [0.05, 0.1) is 62.1 Å². The van der Waals surface area contributed by atoms with E-state index in [4.69, 9.17) is 9.47 Å². The van der Waals surface area contributed by atoms with Crippen LogP contribution in [0.15, 0.2) is 70.9 Å². The number of carbonyl (C=O) groups excluding carboxylic acids is 8. The molecule has 0 radical (unpaired) electrons. The number of nitrogens with zero attached hydrogens (tertiary/aromatic N) is 2. The Kier molecular flexibility index (Phi) is 13.5. The van der Waals surface area contributed by atoms with Crippen molar-refractivity contribution >= 4 is 81.4 Å². The molecule has 2 amide bonds. The standard InChI is InChI=1S/C34H32N6O12/c1-17(41)27(39-37-25-15-19(31(45)49-3)7-13-23(25)33(47)51-5)29(43)35-21-9-11-22(12-10-21)36-30(44)28(18(2)42)40-38-26-16-20(32(46)50-4)8-14-24(26)34(48)52-6/h7-16,37-38H,1-6H3,(H,35,43)(H,36,44)/b39-27-,40-28-. The van der Waals surface area contributed by atoms with Gasteiger partial charge in [0.1, 0.15) is 0 Å². The predicted molar refractivity (Wildman–Crippen MR) is 185 cm³/mol. The topological polar surface area (TPSA) is 246 Å². The highest BCUT2D eigenvalue weighted by Gasteiger charge is 2.22. The average molecular weight is 717 g/mol. The molecule has 0 fully saturated rings. The van der Waals surface area contributed by atoms with Crippen LogP contribution in [0.1, 0.15) is 55.3 Å². The van der Waals surface area contributed by atoms with Crippen LogP contribution in [-0.2, 0) is 38.1 Å². The molecule has 18 nitrogen and oxygen atoms in total. The van der Waals surface area contributed by atoms with E-state index in [0.717, 1.165) is 42.3 Å². The smallest absolute Gasteiger partial charge is 0.340 e. The average Bonchev–Trinajstić information content (AvgIpc) is 3.13. The van der Waals surface area contributed by atoms with E-state index in [-0.39, 0.29) is 45.0 Å². The van der Waals surface area contributed by atoms with Gasteiger partial charge >= 0.3 is 23.9 Å². The molecule has 270 valence electrons. The van der Waals surface area contributed by atoms with Crippen molar-refractivity contribution in [3.63, 3.8) is 0 Å². The zero-order valence-electron chi connectivity index (χ0n) is 28.6. The summed E-state index contributed by atoms with van der Waals surface area (Å²) >= 11 is 0. The summed E-state index contributed by atoms with van der Waals surface area (Å²) < 4.78 is 18.8. The number of nitrogens with one attached hydrogen (secondary N) is 4. The number of methoxy groups -OCH3 is 4. The van der Waals surface area contributed by atoms with E-state index in [1.54, 1.807) is 0 Å². The third kappa shape index (κ3) is 9.91. The van der Waals surface area contributed by atoms with Crippen molar-refractivity contribution in [2.24, 2.45) is 10.2 Å². The second-order valence-corrected chi connectivity index (χ2v) is 10.2. The van der Waals surface area contributed by atoms with Crippen molar-refractivity contribution in [1.29, 1.82) is 0 Å². The Hall–Kier alpha value is -7.24. The monoisotopic (exact) mass is 716 g/mol. The van der Waals surface area contributed by atoms with E-state index >= 15 is 0 Å². The first-order valence-corrected chi connectivity index (χ1v) is 14.8. The molecule has 3 rings (SSSR count). The second-order valence-electron chi connectivity index (χ2n) is 10.2. The molecule has 0 aliphatic carbocycles. The fourth-order valence-corrected chi connectivity index (χ4v) is 4.17. The maximum absolute atomic E-state index is 13.0. The highest BCUT2D eigenvalue weighted by atomic mass is 16.5. The first kappa shape index (κ1) is 39.2. The number of esters is 4. The second kappa shape index (κ2) is 18.0. The molecular formula is C34H32N6O12. The van der Waals surface area contributed by atoms with Gasteiger partial charge in [0.15, 0.2) is 23.0 Å². The number of hydrogen-bond acceptors (Lipinski definition) is 16. The number of ether oxygens (including phenoxy) is 4. The molecule has 0 bridgehead atoms. The van der Waals surface area contributed by atoms with E-state index < -0.39 is 58.7 Å². The first-order chi connectivity index (χ1) is 24.7. The first-order valence-electron chi connectivity index (χ1n) is 14.8. The Balaban J connectivity index is 1.78. The minimum absolute atomic E-state index is 0.0462. The van der Waals surface area contributed by atoms with Crippen LogP contribution in [0, 0.1) is 0 Å². The molecular weight excluding hydrogens is 684 g/mol. The number of rotatable bonds is 14. The number of ketones is 2. The van der Waals surface area contributed by atoms with Crippen molar-refractivity contribution in [3.05, 3.63) is 82.9 Å². The van der Waals surface area contributed by atoms with E-state index in [2.05, 4.69) is 41.2 Å². The quantitative estimate of drug-likeness (QED) is 0.0616. The van der Waals surface area contributed by atoms with Crippen LogP contribution in [-0.4, -0.2) is 87.1 Å². The fourth-order valence-electron chi connectivity index (χ4n) is 4.17. The van der Waals surface area contributed by atoms with Gasteiger partial charge in [-0.2, -0.15) is 10.2 Å². The van der Waals surface area contributed by atoms with Gasteiger partial charge in [0.2, 0.25) is 0 Å². The highest BCUT2D eigenvalue weighted by molar-refractivity contribution is 6.67. The van der Waals surface area contributed by atoms with Gasteiger partial charge in [-0.05, 0) is 60.7 Å². The number of Topliss-reactive ketones (excluding diaryl/α,β-unsaturated/α-hetero) is 2. The lowest BCUT2D eigenvalue weighted by Crippen LogP contribution is -2.30. The summed E-state index contributed by atoms with van der Waals surface area (Å²) in [5.74, 6) is -6.40. The molecule has 0 saturated carbocycles. The summed E-state index contributed by atoms with van der Waals surface area (Å²) in [7, 11) is 4.61. The maximum atomic E-state index is 13.0. The molecule has 0 aromatic heterocycles. The Morgan fingerprint density at radius 2 is 0.808 bits per heavy atom. The Labute approximate surface area is 295 Å². The Bertz CT molecular complexity index is 1860. The highest BCUT2D eigenvalue weighted by Crippen LogP contribution is 2.22. The van der Waals surface area contributed by atoms with Crippen LogP contribution in [0.5, 0.6) is 0 Å². The molecule has 4 N–H and O–H groups in total. The molecule has 3 aromatic rings. The summed E-state index contributed by atoms with van der Waals surface area (Å²) in [6.45, 7) is 2.17. The van der Waals surface area contributed by atoms with Crippen molar-refractivity contribution in [1.82, 2.24) is 0 Å². The number of anilines is 4. The van der Waals surface area contributed by atoms with Gasteiger partial charge in [0, 0.05) is 25.2 Å². The van der Waals surface area contributed by atoms with Gasteiger partial charge in [-0.15, -0.1) is 0 Å². The zero-order valence-corrected chi connectivity index (χ0v) is 28.6. The molecule has 52 heavy (non-hydrogen) atoms.